The van der Waals surface area contributed by atoms with Gasteiger partial charge in [0, 0.05) is 54.6 Å². The predicted octanol–water partition coefficient (Wildman–Crippen LogP) is 4.25. The van der Waals surface area contributed by atoms with Crippen LogP contribution in [0.2, 0.25) is 0 Å². The number of aromatic nitrogens is 2. The Labute approximate surface area is 198 Å². The number of ether oxygens (including phenoxy) is 2. The van der Waals surface area contributed by atoms with Crippen LogP contribution in [0, 0.1) is 12.7 Å². The molecule has 1 fully saturated rings. The van der Waals surface area contributed by atoms with Gasteiger partial charge in [0.05, 0.1) is 7.11 Å². The fourth-order valence-electron chi connectivity index (χ4n) is 4.55. The molecule has 2 aromatic carbocycles. The first kappa shape index (κ1) is 22.1. The zero-order valence-corrected chi connectivity index (χ0v) is 19.8. The lowest BCUT2D eigenvalue weighted by molar-refractivity contribution is -0.130. The Morgan fingerprint density at radius 2 is 1.97 bits per heavy atom. The summed E-state index contributed by atoms with van der Waals surface area (Å²) in [6.07, 6.45) is 2.18. The topological polar surface area (TPSA) is 67.8 Å². The van der Waals surface area contributed by atoms with Crippen LogP contribution in [0.15, 0.2) is 42.5 Å². The van der Waals surface area contributed by atoms with Gasteiger partial charge in [0.1, 0.15) is 11.6 Å². The molecule has 0 saturated heterocycles. The number of carbonyl (C=O) groups excluding carboxylic acids is 1. The Bertz CT molecular complexity index is 1270. The largest absolute Gasteiger partial charge is 0.494 e. The molecule has 1 amide bonds. The number of hydrogen-bond donors (Lipinski definition) is 0. The maximum atomic E-state index is 14.4. The monoisotopic (exact) mass is 462 g/mol. The average molecular weight is 463 g/mol. The highest BCUT2D eigenvalue weighted by Gasteiger charge is 2.54. The molecule has 1 aliphatic heterocycles. The third kappa shape index (κ3) is 3.83. The average Bonchev–Trinajstić information content (AvgIpc) is 3.52. The lowest BCUT2D eigenvalue weighted by Crippen LogP contribution is -2.27. The summed E-state index contributed by atoms with van der Waals surface area (Å²) in [7, 11) is 4.84. The molecular weight excluding hydrogens is 435 g/mol. The van der Waals surface area contributed by atoms with Crippen molar-refractivity contribution < 1.29 is 18.7 Å². The third-order valence-corrected chi connectivity index (χ3v) is 6.57. The number of aryl methyl sites for hydroxylation is 1. The summed E-state index contributed by atoms with van der Waals surface area (Å²) >= 11 is 0. The van der Waals surface area contributed by atoms with Crippen LogP contribution in [0.5, 0.6) is 11.5 Å². The van der Waals surface area contributed by atoms with Crippen LogP contribution in [0.3, 0.4) is 0 Å². The van der Waals surface area contributed by atoms with Crippen LogP contribution in [0.25, 0.3) is 11.4 Å². The number of nitrogens with zero attached hydrogens (tertiary/aromatic N) is 4. The standard InChI is InChI=1S/C26H27FN4O3/c1-16-23-25(29-24(28-16)17-8-9-21(33-4)20(27)12-17)31(15-26(23)10-11-26)18-6-5-7-19(13-18)34-14-22(32)30(2)3/h5-9,12-13H,10-11,14-15H2,1-4H3. The summed E-state index contributed by atoms with van der Waals surface area (Å²) in [6, 6.07) is 12.5. The molecule has 3 aromatic rings. The Hall–Kier alpha value is -3.68. The SMILES string of the molecule is COc1ccc(-c2nc(C)c3c(n2)N(c2cccc(OCC(=O)N(C)C)c2)CC32CC2)cc1F. The summed E-state index contributed by atoms with van der Waals surface area (Å²) in [5.41, 5.74) is 3.67. The molecule has 0 N–H and O–H groups in total. The fraction of sp³-hybridized carbons (Fsp3) is 0.346. The number of likely N-dealkylation sites (N-methyl/N-ethyl adjacent to an activating group) is 1. The second-order valence-electron chi connectivity index (χ2n) is 9.12. The van der Waals surface area contributed by atoms with Gasteiger partial charge in [-0.05, 0) is 50.1 Å². The van der Waals surface area contributed by atoms with Crippen LogP contribution in [0.1, 0.15) is 24.1 Å². The van der Waals surface area contributed by atoms with E-state index >= 15 is 0 Å². The van der Waals surface area contributed by atoms with Gasteiger partial charge in [0.25, 0.3) is 5.91 Å². The number of benzene rings is 2. The second kappa shape index (κ2) is 8.27. The molecule has 0 unspecified atom stereocenters. The first-order valence-corrected chi connectivity index (χ1v) is 11.2. The Morgan fingerprint density at radius 1 is 1.18 bits per heavy atom. The van der Waals surface area contributed by atoms with Crippen LogP contribution in [-0.2, 0) is 10.2 Å². The molecule has 1 saturated carbocycles. The molecule has 0 bridgehead atoms. The van der Waals surface area contributed by atoms with Crippen molar-refractivity contribution in [3.8, 4) is 22.9 Å². The van der Waals surface area contributed by atoms with Crippen molar-refractivity contribution in [2.24, 2.45) is 0 Å². The Balaban J connectivity index is 1.51. The third-order valence-electron chi connectivity index (χ3n) is 6.57. The summed E-state index contributed by atoms with van der Waals surface area (Å²) < 4.78 is 25.2. The first-order chi connectivity index (χ1) is 16.3. The Kier molecular flexibility index (Phi) is 5.38. The smallest absolute Gasteiger partial charge is 0.259 e. The highest BCUT2D eigenvalue weighted by molar-refractivity contribution is 5.77. The number of halogens is 1. The van der Waals surface area contributed by atoms with Gasteiger partial charge < -0.3 is 19.3 Å². The molecule has 2 aliphatic rings. The zero-order chi connectivity index (χ0) is 24.0. The van der Waals surface area contributed by atoms with Gasteiger partial charge in [-0.1, -0.05) is 6.07 Å². The quantitative estimate of drug-likeness (QED) is 0.546. The van der Waals surface area contributed by atoms with Gasteiger partial charge in [0.2, 0.25) is 0 Å². The van der Waals surface area contributed by atoms with Crippen molar-refractivity contribution in [2.45, 2.75) is 25.2 Å². The number of rotatable bonds is 6. The molecule has 0 atom stereocenters. The fourth-order valence-corrected chi connectivity index (χ4v) is 4.55. The van der Waals surface area contributed by atoms with Crippen molar-refractivity contribution in [3.05, 3.63) is 59.5 Å². The highest BCUT2D eigenvalue weighted by Crippen LogP contribution is 2.58. The summed E-state index contributed by atoms with van der Waals surface area (Å²) in [4.78, 5) is 25.3. The zero-order valence-electron chi connectivity index (χ0n) is 19.8. The van der Waals surface area contributed by atoms with Crippen molar-refractivity contribution in [1.29, 1.82) is 0 Å². The number of carbonyl (C=O) groups is 1. The molecule has 2 heterocycles. The van der Waals surface area contributed by atoms with Crippen LogP contribution in [0.4, 0.5) is 15.9 Å². The minimum Gasteiger partial charge on any atom is -0.494 e. The molecule has 0 radical (unpaired) electrons. The van der Waals surface area contributed by atoms with E-state index in [2.05, 4.69) is 4.90 Å². The van der Waals surface area contributed by atoms with Gasteiger partial charge in [0.15, 0.2) is 24.0 Å². The van der Waals surface area contributed by atoms with E-state index in [1.807, 2.05) is 31.2 Å². The van der Waals surface area contributed by atoms with E-state index in [1.54, 1.807) is 26.2 Å². The van der Waals surface area contributed by atoms with Crippen LogP contribution < -0.4 is 14.4 Å². The van der Waals surface area contributed by atoms with E-state index in [0.717, 1.165) is 36.6 Å². The summed E-state index contributed by atoms with van der Waals surface area (Å²) in [6.45, 7) is 2.78. The number of fused-ring (bicyclic) bond motifs is 2. The molecule has 34 heavy (non-hydrogen) atoms. The number of methoxy groups -OCH3 is 1. The van der Waals surface area contributed by atoms with E-state index in [4.69, 9.17) is 19.4 Å². The van der Waals surface area contributed by atoms with E-state index in [9.17, 15) is 9.18 Å². The molecule has 5 rings (SSSR count). The molecule has 7 nitrogen and oxygen atoms in total. The van der Waals surface area contributed by atoms with Crippen molar-refractivity contribution in [3.63, 3.8) is 0 Å². The molecule has 176 valence electrons. The van der Waals surface area contributed by atoms with Gasteiger partial charge in [-0.3, -0.25) is 4.79 Å². The van der Waals surface area contributed by atoms with Gasteiger partial charge in [-0.2, -0.15) is 0 Å². The van der Waals surface area contributed by atoms with Gasteiger partial charge >= 0.3 is 0 Å². The van der Waals surface area contributed by atoms with Crippen LogP contribution in [-0.4, -0.2) is 55.1 Å². The van der Waals surface area contributed by atoms with E-state index in [0.29, 0.717) is 17.1 Å². The van der Waals surface area contributed by atoms with Gasteiger partial charge in [-0.15, -0.1) is 0 Å². The summed E-state index contributed by atoms with van der Waals surface area (Å²) in [5, 5.41) is 0. The maximum Gasteiger partial charge on any atom is 0.259 e. The summed E-state index contributed by atoms with van der Waals surface area (Å²) in [5.74, 6) is 1.57. The second-order valence-corrected chi connectivity index (χ2v) is 9.12. The minimum atomic E-state index is -0.450. The maximum absolute atomic E-state index is 14.4. The molecule has 8 heteroatoms. The number of anilines is 2. The molecule has 1 aromatic heterocycles. The van der Waals surface area contributed by atoms with Crippen molar-refractivity contribution >= 4 is 17.4 Å². The Morgan fingerprint density at radius 3 is 2.65 bits per heavy atom. The molecule has 1 spiro atoms. The van der Waals surface area contributed by atoms with Gasteiger partial charge in [-0.25, -0.2) is 14.4 Å². The van der Waals surface area contributed by atoms with E-state index < -0.39 is 5.82 Å². The van der Waals surface area contributed by atoms with Crippen molar-refractivity contribution in [2.75, 3.05) is 39.3 Å². The van der Waals surface area contributed by atoms with Crippen LogP contribution >= 0.6 is 0 Å². The highest BCUT2D eigenvalue weighted by atomic mass is 19.1. The lowest BCUT2D eigenvalue weighted by Gasteiger charge is -2.20. The van der Waals surface area contributed by atoms with E-state index in [-0.39, 0.29) is 23.7 Å². The minimum absolute atomic E-state index is 0.0224. The molecule has 1 aliphatic carbocycles. The lowest BCUT2D eigenvalue weighted by atomic mass is 9.98. The number of amides is 1. The number of hydrogen-bond acceptors (Lipinski definition) is 6. The predicted molar refractivity (Wildman–Crippen MR) is 127 cm³/mol. The first-order valence-electron chi connectivity index (χ1n) is 11.2. The van der Waals surface area contributed by atoms with E-state index in [1.165, 1.54) is 23.6 Å². The normalized spacial score (nSPS) is 15.3. The molecular formula is C26H27FN4O3. The van der Waals surface area contributed by atoms with Crippen molar-refractivity contribution in [1.82, 2.24) is 14.9 Å².